The average molecular weight is 308 g/mol. The Bertz CT molecular complexity index is 576. The van der Waals surface area contributed by atoms with E-state index in [0.29, 0.717) is 0 Å². The number of halogens is 1. The van der Waals surface area contributed by atoms with Gasteiger partial charge in [0.25, 0.3) is 0 Å². The monoisotopic (exact) mass is 307 g/mol. The minimum Gasteiger partial charge on any atom is -0.304 e. The van der Waals surface area contributed by atoms with Crippen molar-refractivity contribution in [3.63, 3.8) is 0 Å². The van der Waals surface area contributed by atoms with Crippen LogP contribution in [-0.2, 0) is 6.54 Å². The van der Waals surface area contributed by atoms with E-state index in [0.717, 1.165) is 54.0 Å². The fraction of sp³-hybridized carbons (Fsp3) is 0.400. The maximum Gasteiger partial charge on any atom is 0.125 e. The second-order valence-electron chi connectivity index (χ2n) is 5.20. The smallest absolute Gasteiger partial charge is 0.125 e. The first-order valence-corrected chi connectivity index (χ1v) is 8.08. The molecule has 1 saturated heterocycles. The second-order valence-corrected chi connectivity index (χ2v) is 6.47. The Balaban J connectivity index is 1.70. The zero-order chi connectivity index (χ0) is 13.9. The third-order valence-electron chi connectivity index (χ3n) is 3.64. The van der Waals surface area contributed by atoms with Crippen molar-refractivity contribution in [2.75, 3.05) is 33.2 Å². The van der Waals surface area contributed by atoms with Gasteiger partial charge in [-0.3, -0.25) is 4.90 Å². The molecule has 0 radical (unpaired) electrons. The van der Waals surface area contributed by atoms with Crippen LogP contribution in [0.1, 0.15) is 5.69 Å². The summed E-state index contributed by atoms with van der Waals surface area (Å²) in [6, 6.07) is 7.90. The predicted octanol–water partition coefficient (Wildman–Crippen LogP) is 3.21. The molecule has 0 saturated carbocycles. The van der Waals surface area contributed by atoms with E-state index in [9.17, 15) is 0 Å². The van der Waals surface area contributed by atoms with Crippen molar-refractivity contribution in [2.45, 2.75) is 6.54 Å². The first kappa shape index (κ1) is 14.0. The van der Waals surface area contributed by atoms with Crippen molar-refractivity contribution in [1.29, 1.82) is 0 Å². The molecule has 5 heteroatoms. The van der Waals surface area contributed by atoms with E-state index in [1.54, 1.807) is 11.3 Å². The van der Waals surface area contributed by atoms with Gasteiger partial charge in [0.05, 0.1) is 10.7 Å². The third-order valence-corrected chi connectivity index (χ3v) is 4.89. The highest BCUT2D eigenvalue weighted by Crippen LogP contribution is 2.30. The summed E-state index contributed by atoms with van der Waals surface area (Å²) in [5, 5.41) is 3.93. The van der Waals surface area contributed by atoms with Gasteiger partial charge in [-0.15, -0.1) is 11.3 Å². The van der Waals surface area contributed by atoms with Crippen LogP contribution in [0, 0.1) is 0 Å². The molecule has 1 aliphatic heterocycles. The first-order valence-electron chi connectivity index (χ1n) is 6.82. The molecule has 3 rings (SSSR count). The number of rotatable bonds is 3. The molecule has 0 unspecified atom stereocenters. The first-order chi connectivity index (χ1) is 9.72. The molecular weight excluding hydrogens is 290 g/mol. The number of piperazine rings is 1. The number of benzene rings is 1. The van der Waals surface area contributed by atoms with Crippen LogP contribution in [0.2, 0.25) is 5.02 Å². The molecule has 0 atom stereocenters. The molecule has 2 aromatic rings. The van der Waals surface area contributed by atoms with Gasteiger partial charge < -0.3 is 4.90 Å². The SMILES string of the molecule is CN1CCN(Cc2csc(-c3ccccc3Cl)n2)CC1. The van der Waals surface area contributed by atoms with E-state index in [-0.39, 0.29) is 0 Å². The minimum atomic E-state index is 0.771. The van der Waals surface area contributed by atoms with E-state index in [1.807, 2.05) is 24.3 Å². The molecule has 106 valence electrons. The topological polar surface area (TPSA) is 19.4 Å². The zero-order valence-corrected chi connectivity index (χ0v) is 13.1. The number of hydrogen-bond acceptors (Lipinski definition) is 4. The van der Waals surface area contributed by atoms with Crippen LogP contribution in [0.4, 0.5) is 0 Å². The average Bonchev–Trinajstić information content (AvgIpc) is 2.90. The van der Waals surface area contributed by atoms with Crippen LogP contribution >= 0.6 is 22.9 Å². The van der Waals surface area contributed by atoms with Crippen LogP contribution in [0.3, 0.4) is 0 Å². The molecule has 0 aliphatic carbocycles. The van der Waals surface area contributed by atoms with Crippen molar-refractivity contribution >= 4 is 22.9 Å². The summed E-state index contributed by atoms with van der Waals surface area (Å²) in [6.45, 7) is 5.46. The van der Waals surface area contributed by atoms with Crippen molar-refractivity contribution in [3.8, 4) is 10.6 Å². The standard InChI is InChI=1S/C15H18ClN3S/c1-18-6-8-19(9-7-18)10-12-11-20-15(17-12)13-4-2-3-5-14(13)16/h2-5,11H,6-10H2,1H3. The molecule has 1 aliphatic rings. The molecule has 20 heavy (non-hydrogen) atoms. The minimum absolute atomic E-state index is 0.771. The Morgan fingerprint density at radius 1 is 1.20 bits per heavy atom. The Morgan fingerprint density at radius 2 is 1.95 bits per heavy atom. The van der Waals surface area contributed by atoms with Gasteiger partial charge in [-0.2, -0.15) is 0 Å². The number of nitrogens with zero attached hydrogens (tertiary/aromatic N) is 3. The highest BCUT2D eigenvalue weighted by atomic mass is 35.5. The molecule has 3 nitrogen and oxygen atoms in total. The predicted molar refractivity (Wildman–Crippen MR) is 85.3 cm³/mol. The quantitative estimate of drug-likeness (QED) is 0.868. The van der Waals surface area contributed by atoms with Crippen molar-refractivity contribution in [1.82, 2.24) is 14.8 Å². The lowest BCUT2D eigenvalue weighted by Gasteiger charge is -2.31. The van der Waals surface area contributed by atoms with Crippen molar-refractivity contribution in [2.24, 2.45) is 0 Å². The van der Waals surface area contributed by atoms with Gasteiger partial charge >= 0.3 is 0 Å². The summed E-state index contributed by atoms with van der Waals surface area (Å²) in [7, 11) is 2.18. The summed E-state index contributed by atoms with van der Waals surface area (Å²) in [4.78, 5) is 9.56. The largest absolute Gasteiger partial charge is 0.304 e. The maximum absolute atomic E-state index is 6.23. The molecule has 0 N–H and O–H groups in total. The Kier molecular flexibility index (Phi) is 4.36. The molecule has 1 aromatic carbocycles. The second kappa shape index (κ2) is 6.22. The van der Waals surface area contributed by atoms with E-state index < -0.39 is 0 Å². The zero-order valence-electron chi connectivity index (χ0n) is 11.6. The van der Waals surface area contributed by atoms with E-state index in [2.05, 4.69) is 22.2 Å². The summed E-state index contributed by atoms with van der Waals surface area (Å²) >= 11 is 7.90. The van der Waals surface area contributed by atoms with Crippen molar-refractivity contribution in [3.05, 3.63) is 40.4 Å². The lowest BCUT2D eigenvalue weighted by Crippen LogP contribution is -2.43. The third kappa shape index (κ3) is 3.20. The van der Waals surface area contributed by atoms with Gasteiger partial charge in [-0.1, -0.05) is 29.8 Å². The number of aromatic nitrogens is 1. The normalized spacial score (nSPS) is 17.5. The summed E-state index contributed by atoms with van der Waals surface area (Å²) in [5.41, 5.74) is 2.18. The summed E-state index contributed by atoms with van der Waals surface area (Å²) in [6.07, 6.45) is 0. The highest BCUT2D eigenvalue weighted by molar-refractivity contribution is 7.13. The molecule has 1 aromatic heterocycles. The summed E-state index contributed by atoms with van der Waals surface area (Å²) < 4.78 is 0. The van der Waals surface area contributed by atoms with Gasteiger partial charge in [0.15, 0.2) is 0 Å². The fourth-order valence-corrected chi connectivity index (χ4v) is 3.50. The van der Waals surface area contributed by atoms with E-state index >= 15 is 0 Å². The maximum atomic E-state index is 6.23. The molecule has 2 heterocycles. The van der Waals surface area contributed by atoms with Crippen LogP contribution in [0.5, 0.6) is 0 Å². The van der Waals surface area contributed by atoms with Crippen molar-refractivity contribution < 1.29 is 0 Å². The molecule has 0 amide bonds. The van der Waals surface area contributed by atoms with Crippen LogP contribution < -0.4 is 0 Å². The number of likely N-dealkylation sites (N-methyl/N-ethyl adjacent to an activating group) is 1. The number of thiazole rings is 1. The van der Waals surface area contributed by atoms with Crippen LogP contribution in [0.15, 0.2) is 29.6 Å². The van der Waals surface area contributed by atoms with Crippen LogP contribution in [0.25, 0.3) is 10.6 Å². The van der Waals surface area contributed by atoms with E-state index in [1.165, 1.54) is 0 Å². The highest BCUT2D eigenvalue weighted by Gasteiger charge is 2.15. The van der Waals surface area contributed by atoms with Crippen LogP contribution in [-0.4, -0.2) is 48.0 Å². The van der Waals surface area contributed by atoms with E-state index in [4.69, 9.17) is 16.6 Å². The molecule has 1 fully saturated rings. The van der Waals surface area contributed by atoms with Gasteiger partial charge in [-0.05, 0) is 13.1 Å². The molecule has 0 spiro atoms. The number of hydrogen-bond donors (Lipinski definition) is 0. The van der Waals surface area contributed by atoms with Gasteiger partial charge in [-0.25, -0.2) is 4.98 Å². The fourth-order valence-electron chi connectivity index (χ4n) is 2.37. The Hall–Kier alpha value is -0.940. The summed E-state index contributed by atoms with van der Waals surface area (Å²) in [5.74, 6) is 0. The lowest BCUT2D eigenvalue weighted by atomic mass is 10.2. The van der Waals surface area contributed by atoms with Gasteiger partial charge in [0.2, 0.25) is 0 Å². The molecule has 0 bridgehead atoms. The Labute approximate surface area is 128 Å². The lowest BCUT2D eigenvalue weighted by molar-refractivity contribution is 0.147. The van der Waals surface area contributed by atoms with Gasteiger partial charge in [0.1, 0.15) is 5.01 Å². The van der Waals surface area contributed by atoms with Gasteiger partial charge in [0, 0.05) is 43.7 Å². The molecular formula is C15H18ClN3S. The Morgan fingerprint density at radius 3 is 2.70 bits per heavy atom.